The van der Waals surface area contributed by atoms with Crippen LogP contribution in [0.3, 0.4) is 0 Å². The van der Waals surface area contributed by atoms with Crippen LogP contribution in [0.4, 0.5) is 29.3 Å². The molecule has 1 aromatic heterocycles. The molecule has 31 heavy (non-hydrogen) atoms. The second-order valence-corrected chi connectivity index (χ2v) is 7.42. The maximum atomic E-state index is 12.8. The molecule has 2 N–H and O–H groups in total. The van der Waals surface area contributed by atoms with E-state index in [1.807, 2.05) is 0 Å². The van der Waals surface area contributed by atoms with Gasteiger partial charge in [-0.2, -0.15) is 13.2 Å². The highest BCUT2D eigenvalue weighted by atomic mass is 19.4. The molecular formula is C21H21F3N4O3. The number of rotatable bonds is 6. The van der Waals surface area contributed by atoms with E-state index in [4.69, 9.17) is 4.42 Å². The highest BCUT2D eigenvalue weighted by Crippen LogP contribution is 2.32. The topological polar surface area (TPSA) is 89.3 Å². The van der Waals surface area contributed by atoms with Crippen molar-refractivity contribution < 1.29 is 27.1 Å². The van der Waals surface area contributed by atoms with Crippen LogP contribution < -0.4 is 10.6 Å². The molecule has 0 aliphatic carbocycles. The Morgan fingerprint density at radius 1 is 1.06 bits per heavy atom. The number of halogens is 3. The highest BCUT2D eigenvalue weighted by molar-refractivity contribution is 5.76. The van der Waals surface area contributed by atoms with E-state index in [9.17, 15) is 18.0 Å². The van der Waals surface area contributed by atoms with Crippen LogP contribution in [0, 0.1) is 0 Å². The molecular weight excluding hydrogens is 413 g/mol. The smallest absolute Gasteiger partial charge is 0.416 e. The van der Waals surface area contributed by atoms with Gasteiger partial charge in [0.25, 0.3) is 0 Å². The molecule has 7 nitrogen and oxygen atoms in total. The molecule has 0 radical (unpaired) electrons. The first-order chi connectivity index (χ1) is 14.6. The molecule has 3 aromatic rings. The second kappa shape index (κ2) is 8.66. The third kappa shape index (κ3) is 5.74. The molecule has 0 saturated carbocycles. The molecule has 0 atom stereocenters. The van der Waals surface area contributed by atoms with Gasteiger partial charge in [0.05, 0.1) is 23.9 Å². The first-order valence-electron chi connectivity index (χ1n) is 9.29. The van der Waals surface area contributed by atoms with E-state index in [0.717, 1.165) is 12.1 Å². The Bertz CT molecular complexity index is 1050. The average molecular weight is 434 g/mol. The number of alkyl halides is 3. The number of aromatic nitrogens is 2. The van der Waals surface area contributed by atoms with Gasteiger partial charge in [0.2, 0.25) is 11.8 Å². The largest absolute Gasteiger partial charge is 0.453 e. The third-order valence-corrected chi connectivity index (χ3v) is 4.33. The van der Waals surface area contributed by atoms with Crippen LogP contribution in [0.15, 0.2) is 52.9 Å². The molecule has 0 aliphatic heterocycles. The normalized spacial score (nSPS) is 11.8. The lowest BCUT2D eigenvalue weighted by molar-refractivity contribution is -0.137. The minimum absolute atomic E-state index is 0.235. The van der Waals surface area contributed by atoms with Gasteiger partial charge in [-0.1, -0.05) is 12.1 Å². The molecule has 0 bridgehead atoms. The molecule has 10 heteroatoms. The Morgan fingerprint density at radius 3 is 2.39 bits per heavy atom. The van der Waals surface area contributed by atoms with Crippen molar-refractivity contribution in [3.63, 3.8) is 0 Å². The van der Waals surface area contributed by atoms with Crippen LogP contribution in [-0.4, -0.2) is 28.9 Å². The van der Waals surface area contributed by atoms with Crippen molar-refractivity contribution in [3.05, 3.63) is 60.0 Å². The number of alkyl carbamates (subject to hydrolysis) is 1. The number of nitrogens with one attached hydrogen (secondary N) is 2. The van der Waals surface area contributed by atoms with Gasteiger partial charge in [-0.15, -0.1) is 10.2 Å². The van der Waals surface area contributed by atoms with E-state index in [1.54, 1.807) is 38.1 Å². The number of carbonyl (C=O) groups excluding carboxylic acids is 1. The van der Waals surface area contributed by atoms with Crippen LogP contribution in [-0.2, 0) is 17.3 Å². The molecule has 0 unspecified atom stereocenters. The van der Waals surface area contributed by atoms with Crippen molar-refractivity contribution in [2.45, 2.75) is 32.0 Å². The molecule has 0 fully saturated rings. The van der Waals surface area contributed by atoms with Crippen molar-refractivity contribution >= 4 is 17.5 Å². The predicted molar refractivity (Wildman–Crippen MR) is 108 cm³/mol. The summed E-state index contributed by atoms with van der Waals surface area (Å²) in [5.74, 6) is 0.541. The van der Waals surface area contributed by atoms with Crippen molar-refractivity contribution in [2.75, 3.05) is 12.4 Å². The maximum absolute atomic E-state index is 12.8. The monoisotopic (exact) mass is 434 g/mol. The first-order valence-corrected chi connectivity index (χ1v) is 9.29. The second-order valence-electron chi connectivity index (χ2n) is 7.42. The summed E-state index contributed by atoms with van der Waals surface area (Å²) in [6, 6.07) is 11.8. The quantitative estimate of drug-likeness (QED) is 0.556. The van der Waals surface area contributed by atoms with Gasteiger partial charge in [0, 0.05) is 17.6 Å². The molecule has 3 rings (SSSR count). The number of hydrogen-bond acceptors (Lipinski definition) is 6. The molecule has 1 heterocycles. The van der Waals surface area contributed by atoms with Crippen molar-refractivity contribution in [3.8, 4) is 11.5 Å². The fourth-order valence-electron chi connectivity index (χ4n) is 2.86. The summed E-state index contributed by atoms with van der Waals surface area (Å²) in [4.78, 5) is 11.5. The lowest BCUT2D eigenvalue weighted by atomic mass is 10.0. The number of nitrogens with zero attached hydrogens (tertiary/aromatic N) is 2. The molecule has 0 aliphatic rings. The van der Waals surface area contributed by atoms with Crippen LogP contribution in [0.5, 0.6) is 0 Å². The van der Waals surface area contributed by atoms with Crippen molar-refractivity contribution in [1.82, 2.24) is 15.5 Å². The summed E-state index contributed by atoms with van der Waals surface area (Å²) in [6.45, 7) is 3.57. The fourth-order valence-corrected chi connectivity index (χ4v) is 2.86. The maximum Gasteiger partial charge on any atom is 0.416 e. The van der Waals surface area contributed by atoms with E-state index in [1.165, 1.54) is 19.2 Å². The Hall–Kier alpha value is -3.56. The van der Waals surface area contributed by atoms with Gasteiger partial charge < -0.3 is 19.8 Å². The number of methoxy groups -OCH3 is 1. The number of ether oxygens (including phenoxy) is 1. The zero-order valence-corrected chi connectivity index (χ0v) is 17.1. The Labute approximate surface area is 176 Å². The average Bonchev–Trinajstić information content (AvgIpc) is 3.15. The predicted octanol–water partition coefficient (Wildman–Crippen LogP) is 5.18. The Balaban J connectivity index is 1.79. The summed E-state index contributed by atoms with van der Waals surface area (Å²) in [6.07, 6.45) is -4.70. The summed E-state index contributed by atoms with van der Waals surface area (Å²) < 4.78 is 48.7. The number of hydrogen-bond donors (Lipinski definition) is 2. The van der Waals surface area contributed by atoms with Gasteiger partial charge >= 0.3 is 12.3 Å². The standard InChI is InChI=1S/C21H21F3N4O3/c1-20(2,26-19(29)30-3)12-17-27-28-18(31-17)15-6-4-5-7-16(15)25-14-10-8-13(9-11-14)21(22,23)24/h4-11,25H,12H2,1-3H3,(H,26,29). The van der Waals surface area contributed by atoms with Crippen LogP contribution in [0.25, 0.3) is 11.5 Å². The van der Waals surface area contributed by atoms with Crippen molar-refractivity contribution in [1.29, 1.82) is 0 Å². The van der Waals surface area contributed by atoms with Gasteiger partial charge in [0.15, 0.2) is 0 Å². The summed E-state index contributed by atoms with van der Waals surface area (Å²) >= 11 is 0. The highest BCUT2D eigenvalue weighted by Gasteiger charge is 2.30. The van der Waals surface area contributed by atoms with Gasteiger partial charge in [0.1, 0.15) is 0 Å². The van der Waals surface area contributed by atoms with E-state index < -0.39 is 23.4 Å². The van der Waals surface area contributed by atoms with E-state index >= 15 is 0 Å². The lowest BCUT2D eigenvalue weighted by Crippen LogP contribution is -2.45. The van der Waals surface area contributed by atoms with Crippen LogP contribution in [0.1, 0.15) is 25.3 Å². The minimum Gasteiger partial charge on any atom is -0.453 e. The van der Waals surface area contributed by atoms with Gasteiger partial charge in [-0.05, 0) is 50.2 Å². The first kappa shape index (κ1) is 22.1. The minimum atomic E-state index is -4.40. The lowest BCUT2D eigenvalue weighted by Gasteiger charge is -2.23. The summed E-state index contributed by atoms with van der Waals surface area (Å²) in [7, 11) is 1.27. The van der Waals surface area contributed by atoms with Crippen molar-refractivity contribution in [2.24, 2.45) is 0 Å². The summed E-state index contributed by atoms with van der Waals surface area (Å²) in [5.41, 5.74) is 0.235. The Kier molecular flexibility index (Phi) is 6.19. The Morgan fingerprint density at radius 2 is 1.74 bits per heavy atom. The van der Waals surface area contributed by atoms with E-state index in [-0.39, 0.29) is 12.3 Å². The number of benzene rings is 2. The third-order valence-electron chi connectivity index (χ3n) is 4.33. The van der Waals surface area contributed by atoms with Gasteiger partial charge in [-0.25, -0.2) is 4.79 Å². The number of para-hydroxylation sites is 1. The van der Waals surface area contributed by atoms with E-state index in [0.29, 0.717) is 22.8 Å². The zero-order chi connectivity index (χ0) is 22.6. The SMILES string of the molecule is COC(=O)NC(C)(C)Cc1nnc(-c2ccccc2Nc2ccc(C(F)(F)F)cc2)o1. The molecule has 2 aromatic carbocycles. The van der Waals surface area contributed by atoms with E-state index in [2.05, 4.69) is 25.6 Å². The number of anilines is 2. The fraction of sp³-hybridized carbons (Fsp3) is 0.286. The molecule has 0 saturated heterocycles. The molecule has 0 spiro atoms. The molecule has 164 valence electrons. The summed E-state index contributed by atoms with van der Waals surface area (Å²) in [5, 5.41) is 13.9. The molecule has 1 amide bonds. The number of carbonyl (C=O) groups is 1. The van der Waals surface area contributed by atoms with Crippen LogP contribution in [0.2, 0.25) is 0 Å². The van der Waals surface area contributed by atoms with Gasteiger partial charge in [-0.3, -0.25) is 0 Å². The van der Waals surface area contributed by atoms with Crippen LogP contribution >= 0.6 is 0 Å². The zero-order valence-electron chi connectivity index (χ0n) is 17.1. The number of amides is 1.